The molecular weight excluding hydrogens is 254 g/mol. The Kier molecular flexibility index (Phi) is 3.12. The lowest BCUT2D eigenvalue weighted by Crippen LogP contribution is -1.91. The summed E-state index contributed by atoms with van der Waals surface area (Å²) in [7, 11) is 0. The first-order valence-corrected chi connectivity index (χ1v) is 5.94. The summed E-state index contributed by atoms with van der Waals surface area (Å²) in [6.45, 7) is 3.28. The van der Waals surface area contributed by atoms with Crippen molar-refractivity contribution in [3.8, 4) is 0 Å². The van der Waals surface area contributed by atoms with Crippen molar-refractivity contribution < 1.29 is 5.11 Å². The van der Waals surface area contributed by atoms with Gasteiger partial charge in [0.1, 0.15) is 0 Å². The second kappa shape index (κ2) is 4.37. The number of fused-ring (bicyclic) bond motifs is 1. The van der Waals surface area contributed by atoms with Crippen LogP contribution >= 0.6 is 15.9 Å². The molecule has 0 radical (unpaired) electrons. The number of hydrogen-bond donors (Lipinski definition) is 1. The standard InChI is InChI=1S/C12H14BrNO/c1-2-14-8-9(6-7-15)10-4-3-5-11(13)12(10)14/h3-5,8,15H,2,6-7H2,1H3. The van der Waals surface area contributed by atoms with Gasteiger partial charge in [-0.3, -0.25) is 0 Å². The highest BCUT2D eigenvalue weighted by Crippen LogP contribution is 2.28. The molecule has 1 heterocycles. The zero-order valence-corrected chi connectivity index (χ0v) is 10.3. The zero-order valence-electron chi connectivity index (χ0n) is 8.70. The van der Waals surface area contributed by atoms with Crippen LogP contribution in [0.3, 0.4) is 0 Å². The van der Waals surface area contributed by atoms with E-state index in [0.717, 1.165) is 17.4 Å². The van der Waals surface area contributed by atoms with Gasteiger partial charge in [-0.15, -0.1) is 0 Å². The molecule has 0 fully saturated rings. The van der Waals surface area contributed by atoms with E-state index in [1.54, 1.807) is 0 Å². The third kappa shape index (κ3) is 1.82. The van der Waals surface area contributed by atoms with Crippen molar-refractivity contribution in [1.29, 1.82) is 0 Å². The van der Waals surface area contributed by atoms with Crippen molar-refractivity contribution in [2.45, 2.75) is 19.9 Å². The molecule has 1 aromatic heterocycles. The molecule has 0 aliphatic heterocycles. The molecule has 15 heavy (non-hydrogen) atoms. The van der Waals surface area contributed by atoms with E-state index >= 15 is 0 Å². The van der Waals surface area contributed by atoms with E-state index in [4.69, 9.17) is 5.11 Å². The molecule has 0 amide bonds. The van der Waals surface area contributed by atoms with Gasteiger partial charge in [-0.2, -0.15) is 0 Å². The molecule has 1 N–H and O–H groups in total. The van der Waals surface area contributed by atoms with E-state index in [2.05, 4.69) is 45.8 Å². The number of aryl methyl sites for hydroxylation is 1. The maximum atomic E-state index is 9.01. The maximum absolute atomic E-state index is 9.01. The van der Waals surface area contributed by atoms with Crippen molar-refractivity contribution in [2.75, 3.05) is 6.61 Å². The van der Waals surface area contributed by atoms with Crippen LogP contribution in [0.1, 0.15) is 12.5 Å². The fourth-order valence-corrected chi connectivity index (χ4v) is 2.55. The maximum Gasteiger partial charge on any atom is 0.0627 e. The lowest BCUT2D eigenvalue weighted by atomic mass is 10.1. The summed E-state index contributed by atoms with van der Waals surface area (Å²) < 4.78 is 3.33. The van der Waals surface area contributed by atoms with E-state index < -0.39 is 0 Å². The molecular formula is C12H14BrNO. The second-order valence-corrected chi connectivity index (χ2v) is 4.40. The SMILES string of the molecule is CCn1cc(CCO)c2cccc(Br)c21. The number of halogens is 1. The van der Waals surface area contributed by atoms with Crippen LogP contribution in [-0.4, -0.2) is 16.3 Å². The predicted octanol–water partition coefficient (Wildman–Crippen LogP) is 2.96. The number of para-hydroxylation sites is 1. The minimum Gasteiger partial charge on any atom is -0.396 e. The van der Waals surface area contributed by atoms with Crippen LogP contribution in [0, 0.1) is 0 Å². The predicted molar refractivity (Wildman–Crippen MR) is 66.1 cm³/mol. The lowest BCUT2D eigenvalue weighted by Gasteiger charge is -2.01. The van der Waals surface area contributed by atoms with Gasteiger partial charge in [0.15, 0.2) is 0 Å². The van der Waals surface area contributed by atoms with Crippen LogP contribution in [0.15, 0.2) is 28.9 Å². The molecule has 0 atom stereocenters. The molecule has 0 unspecified atom stereocenters. The number of aliphatic hydroxyl groups is 1. The molecule has 0 saturated carbocycles. The summed E-state index contributed by atoms with van der Waals surface area (Å²) in [6, 6.07) is 6.20. The van der Waals surface area contributed by atoms with Gasteiger partial charge in [-0.25, -0.2) is 0 Å². The van der Waals surface area contributed by atoms with Crippen LogP contribution in [-0.2, 0) is 13.0 Å². The second-order valence-electron chi connectivity index (χ2n) is 3.55. The minimum absolute atomic E-state index is 0.204. The Bertz CT molecular complexity index is 476. The molecule has 0 aliphatic carbocycles. The first-order chi connectivity index (χ1) is 7.27. The normalized spacial score (nSPS) is 11.1. The number of nitrogens with zero attached hydrogens (tertiary/aromatic N) is 1. The molecule has 2 rings (SSSR count). The molecule has 1 aromatic carbocycles. The Morgan fingerprint density at radius 2 is 2.20 bits per heavy atom. The van der Waals surface area contributed by atoms with Crippen molar-refractivity contribution >= 4 is 26.8 Å². The quantitative estimate of drug-likeness (QED) is 0.909. The topological polar surface area (TPSA) is 25.2 Å². The summed E-state index contributed by atoms with van der Waals surface area (Å²) in [6.07, 6.45) is 2.85. The fourth-order valence-electron chi connectivity index (χ4n) is 1.96. The highest BCUT2D eigenvalue weighted by atomic mass is 79.9. The summed E-state index contributed by atoms with van der Waals surface area (Å²) in [5, 5.41) is 10.2. The number of aliphatic hydroxyl groups excluding tert-OH is 1. The summed E-state index contributed by atoms with van der Waals surface area (Å²) in [5.41, 5.74) is 2.44. The lowest BCUT2D eigenvalue weighted by molar-refractivity contribution is 0.300. The summed E-state index contributed by atoms with van der Waals surface area (Å²) in [4.78, 5) is 0. The van der Waals surface area contributed by atoms with Crippen LogP contribution in [0.4, 0.5) is 0 Å². The zero-order chi connectivity index (χ0) is 10.8. The molecule has 0 bridgehead atoms. The molecule has 3 heteroatoms. The Balaban J connectivity index is 2.69. The van der Waals surface area contributed by atoms with E-state index in [9.17, 15) is 0 Å². The van der Waals surface area contributed by atoms with Crippen molar-refractivity contribution in [2.24, 2.45) is 0 Å². The minimum atomic E-state index is 0.204. The monoisotopic (exact) mass is 267 g/mol. The number of rotatable bonds is 3. The average molecular weight is 268 g/mol. The Morgan fingerprint density at radius 3 is 2.87 bits per heavy atom. The molecule has 0 saturated heterocycles. The van der Waals surface area contributed by atoms with Gasteiger partial charge in [0.2, 0.25) is 0 Å². The average Bonchev–Trinajstić information content (AvgIpc) is 2.59. The van der Waals surface area contributed by atoms with Crippen LogP contribution in [0.5, 0.6) is 0 Å². The van der Waals surface area contributed by atoms with Gasteiger partial charge in [-0.05, 0) is 40.9 Å². The van der Waals surface area contributed by atoms with Gasteiger partial charge >= 0.3 is 0 Å². The summed E-state index contributed by atoms with van der Waals surface area (Å²) >= 11 is 3.57. The van der Waals surface area contributed by atoms with Gasteiger partial charge in [0.25, 0.3) is 0 Å². The first-order valence-electron chi connectivity index (χ1n) is 5.15. The first kappa shape index (κ1) is 10.7. The van der Waals surface area contributed by atoms with Crippen molar-refractivity contribution in [3.63, 3.8) is 0 Å². The van der Waals surface area contributed by atoms with E-state index in [1.807, 2.05) is 6.07 Å². The highest BCUT2D eigenvalue weighted by molar-refractivity contribution is 9.10. The fraction of sp³-hybridized carbons (Fsp3) is 0.333. The third-order valence-corrected chi connectivity index (χ3v) is 3.29. The van der Waals surface area contributed by atoms with Crippen molar-refractivity contribution in [1.82, 2.24) is 4.57 Å². The van der Waals surface area contributed by atoms with Gasteiger partial charge < -0.3 is 9.67 Å². The Hall–Kier alpha value is -0.800. The van der Waals surface area contributed by atoms with E-state index in [-0.39, 0.29) is 6.61 Å². The van der Waals surface area contributed by atoms with Gasteiger partial charge in [0, 0.05) is 29.2 Å². The largest absolute Gasteiger partial charge is 0.396 e. The molecule has 2 nitrogen and oxygen atoms in total. The molecule has 0 spiro atoms. The highest BCUT2D eigenvalue weighted by Gasteiger charge is 2.09. The molecule has 80 valence electrons. The van der Waals surface area contributed by atoms with Crippen molar-refractivity contribution in [3.05, 3.63) is 34.4 Å². The van der Waals surface area contributed by atoms with E-state index in [0.29, 0.717) is 0 Å². The van der Waals surface area contributed by atoms with Crippen LogP contribution in [0.25, 0.3) is 10.9 Å². The summed E-state index contributed by atoms with van der Waals surface area (Å²) in [5.74, 6) is 0. The van der Waals surface area contributed by atoms with Gasteiger partial charge in [0.05, 0.1) is 5.52 Å². The molecule has 2 aromatic rings. The smallest absolute Gasteiger partial charge is 0.0627 e. The van der Waals surface area contributed by atoms with Gasteiger partial charge in [-0.1, -0.05) is 12.1 Å². The number of hydrogen-bond acceptors (Lipinski definition) is 1. The van der Waals surface area contributed by atoms with Crippen LogP contribution < -0.4 is 0 Å². The number of aromatic nitrogens is 1. The Labute approximate surface area is 97.7 Å². The molecule has 0 aliphatic rings. The van der Waals surface area contributed by atoms with E-state index in [1.165, 1.54) is 16.5 Å². The Morgan fingerprint density at radius 1 is 1.40 bits per heavy atom. The van der Waals surface area contributed by atoms with Crippen LogP contribution in [0.2, 0.25) is 0 Å². The third-order valence-electron chi connectivity index (χ3n) is 2.65. The number of benzene rings is 1.